The first kappa shape index (κ1) is 23.4. The second kappa shape index (κ2) is 10.8. The second-order valence-electron chi connectivity index (χ2n) is 6.37. The number of amides is 1. The lowest BCUT2D eigenvalue weighted by atomic mass is 10.2. The third-order valence-electron chi connectivity index (χ3n) is 4.00. The van der Waals surface area contributed by atoms with Crippen LogP contribution in [-0.2, 0) is 14.8 Å². The molecule has 0 aliphatic heterocycles. The number of nitrogens with zero attached hydrogens (tertiary/aromatic N) is 2. The summed E-state index contributed by atoms with van der Waals surface area (Å²) in [5.41, 5.74) is -0.0250. The Morgan fingerprint density at radius 3 is 2.57 bits per heavy atom. The van der Waals surface area contributed by atoms with E-state index in [1.807, 2.05) is 0 Å². The standard InChI is InChI=1S/C19H22ClN3O6S/c1-30(27,28)22(16-4-2-5-17(14-16)23(25)26)12-3-6-19(24)21-11-13-29-18-9-7-15(20)8-10-18/h2,4-5,7-10,14H,3,6,11-13H2,1H3,(H,21,24). The maximum Gasteiger partial charge on any atom is 0.271 e. The molecule has 30 heavy (non-hydrogen) atoms. The number of benzene rings is 2. The molecule has 0 saturated heterocycles. The van der Waals surface area contributed by atoms with Crippen LogP contribution in [0.1, 0.15) is 12.8 Å². The Labute approximate surface area is 179 Å². The number of hydrogen-bond acceptors (Lipinski definition) is 6. The van der Waals surface area contributed by atoms with Crippen molar-refractivity contribution < 1.29 is 22.9 Å². The fraction of sp³-hybridized carbons (Fsp3) is 0.316. The molecular formula is C19H22ClN3O6S. The molecule has 0 aromatic heterocycles. The summed E-state index contributed by atoms with van der Waals surface area (Å²) in [6.07, 6.45) is 1.36. The molecule has 2 aromatic rings. The number of sulfonamides is 1. The molecule has 2 rings (SSSR count). The first-order valence-electron chi connectivity index (χ1n) is 9.04. The van der Waals surface area contributed by atoms with Crippen molar-refractivity contribution in [3.63, 3.8) is 0 Å². The molecule has 0 aliphatic carbocycles. The fourth-order valence-corrected chi connectivity index (χ4v) is 3.69. The Morgan fingerprint density at radius 1 is 1.23 bits per heavy atom. The average Bonchev–Trinajstić information content (AvgIpc) is 2.69. The van der Waals surface area contributed by atoms with Gasteiger partial charge < -0.3 is 10.1 Å². The van der Waals surface area contributed by atoms with Crippen LogP contribution in [0.3, 0.4) is 0 Å². The van der Waals surface area contributed by atoms with Gasteiger partial charge in [0.25, 0.3) is 5.69 Å². The van der Waals surface area contributed by atoms with Gasteiger partial charge in [0.2, 0.25) is 15.9 Å². The van der Waals surface area contributed by atoms with Gasteiger partial charge in [-0.2, -0.15) is 0 Å². The Morgan fingerprint density at radius 2 is 1.93 bits per heavy atom. The van der Waals surface area contributed by atoms with Gasteiger partial charge in [-0.1, -0.05) is 17.7 Å². The second-order valence-corrected chi connectivity index (χ2v) is 8.71. The van der Waals surface area contributed by atoms with Crippen LogP contribution >= 0.6 is 11.6 Å². The Balaban J connectivity index is 1.80. The molecule has 9 nitrogen and oxygen atoms in total. The maximum atomic E-state index is 12.1. The first-order valence-corrected chi connectivity index (χ1v) is 11.3. The molecule has 0 radical (unpaired) electrons. The van der Waals surface area contributed by atoms with E-state index in [4.69, 9.17) is 16.3 Å². The van der Waals surface area contributed by atoms with E-state index in [-0.39, 0.29) is 43.3 Å². The summed E-state index contributed by atoms with van der Waals surface area (Å²) in [5.74, 6) is 0.386. The van der Waals surface area contributed by atoms with Crippen molar-refractivity contribution in [3.05, 3.63) is 63.7 Å². The number of carbonyl (C=O) groups is 1. The number of nitro groups is 1. The molecule has 0 unspecified atom stereocenters. The van der Waals surface area contributed by atoms with E-state index in [1.165, 1.54) is 24.3 Å². The van der Waals surface area contributed by atoms with Gasteiger partial charge in [-0.3, -0.25) is 19.2 Å². The highest BCUT2D eigenvalue weighted by Gasteiger charge is 2.19. The van der Waals surface area contributed by atoms with Crippen molar-refractivity contribution in [2.45, 2.75) is 12.8 Å². The number of nitrogens with one attached hydrogen (secondary N) is 1. The predicted octanol–water partition coefficient (Wildman–Crippen LogP) is 2.99. The van der Waals surface area contributed by atoms with Crippen LogP contribution in [0.15, 0.2) is 48.5 Å². The van der Waals surface area contributed by atoms with Gasteiger partial charge >= 0.3 is 0 Å². The smallest absolute Gasteiger partial charge is 0.271 e. The topological polar surface area (TPSA) is 119 Å². The molecule has 162 valence electrons. The summed E-state index contributed by atoms with van der Waals surface area (Å²) in [6.45, 7) is 0.591. The largest absolute Gasteiger partial charge is 0.492 e. The van der Waals surface area contributed by atoms with Gasteiger partial charge in [-0.05, 0) is 36.8 Å². The summed E-state index contributed by atoms with van der Waals surface area (Å²) >= 11 is 5.79. The zero-order valence-corrected chi connectivity index (χ0v) is 17.9. The van der Waals surface area contributed by atoms with Crippen molar-refractivity contribution in [3.8, 4) is 5.75 Å². The van der Waals surface area contributed by atoms with Crippen LogP contribution in [0.2, 0.25) is 5.02 Å². The van der Waals surface area contributed by atoms with Gasteiger partial charge in [0, 0.05) is 30.1 Å². The van der Waals surface area contributed by atoms with E-state index in [0.29, 0.717) is 17.3 Å². The quantitative estimate of drug-likeness (QED) is 0.316. The number of hydrogen-bond donors (Lipinski definition) is 1. The van der Waals surface area contributed by atoms with Gasteiger partial charge in [0.05, 0.1) is 23.4 Å². The maximum absolute atomic E-state index is 12.1. The summed E-state index contributed by atoms with van der Waals surface area (Å²) in [5, 5.41) is 14.2. The minimum absolute atomic E-state index is 0.0225. The zero-order valence-electron chi connectivity index (χ0n) is 16.3. The van der Waals surface area contributed by atoms with E-state index >= 15 is 0 Å². The summed E-state index contributed by atoms with van der Waals surface area (Å²) in [6, 6.07) is 12.2. The van der Waals surface area contributed by atoms with Gasteiger partial charge in [0.15, 0.2) is 0 Å². The molecular weight excluding hydrogens is 434 g/mol. The number of halogens is 1. The van der Waals surface area contributed by atoms with E-state index in [9.17, 15) is 23.3 Å². The van der Waals surface area contributed by atoms with Crippen LogP contribution in [-0.4, -0.2) is 45.2 Å². The van der Waals surface area contributed by atoms with Crippen molar-refractivity contribution >= 4 is 38.9 Å². The van der Waals surface area contributed by atoms with Crippen molar-refractivity contribution in [1.82, 2.24) is 5.32 Å². The number of non-ortho nitro benzene ring substituents is 1. The van der Waals surface area contributed by atoms with E-state index in [1.54, 1.807) is 24.3 Å². The van der Waals surface area contributed by atoms with Crippen molar-refractivity contribution in [1.29, 1.82) is 0 Å². The van der Waals surface area contributed by atoms with Gasteiger partial charge in [-0.15, -0.1) is 0 Å². The molecule has 0 fully saturated rings. The minimum atomic E-state index is -3.66. The number of ether oxygens (including phenoxy) is 1. The van der Waals surface area contributed by atoms with Crippen LogP contribution in [0.25, 0.3) is 0 Å². The number of nitro benzene ring substituents is 1. The highest BCUT2D eigenvalue weighted by molar-refractivity contribution is 7.92. The third kappa shape index (κ3) is 7.53. The molecule has 0 saturated carbocycles. The van der Waals surface area contributed by atoms with Crippen molar-refractivity contribution in [2.24, 2.45) is 0 Å². The zero-order chi connectivity index (χ0) is 22.1. The Hall–Kier alpha value is -2.85. The van der Waals surface area contributed by atoms with Gasteiger partial charge in [-0.25, -0.2) is 8.42 Å². The molecule has 0 atom stereocenters. The SMILES string of the molecule is CS(=O)(=O)N(CCCC(=O)NCCOc1ccc(Cl)cc1)c1cccc([N+](=O)[O-])c1. The lowest BCUT2D eigenvalue weighted by molar-refractivity contribution is -0.384. The molecule has 0 heterocycles. The third-order valence-corrected chi connectivity index (χ3v) is 5.45. The summed E-state index contributed by atoms with van der Waals surface area (Å²) < 4.78 is 30.7. The monoisotopic (exact) mass is 455 g/mol. The average molecular weight is 456 g/mol. The van der Waals surface area contributed by atoms with E-state index < -0.39 is 14.9 Å². The molecule has 1 N–H and O–H groups in total. The van der Waals surface area contributed by atoms with Gasteiger partial charge in [0.1, 0.15) is 12.4 Å². The van der Waals surface area contributed by atoms with Crippen molar-refractivity contribution in [2.75, 3.05) is 30.3 Å². The summed E-state index contributed by atoms with van der Waals surface area (Å²) in [4.78, 5) is 22.3. The Bertz CT molecular complexity index is 982. The number of anilines is 1. The highest BCUT2D eigenvalue weighted by Crippen LogP contribution is 2.23. The van der Waals surface area contributed by atoms with Crippen LogP contribution in [0.4, 0.5) is 11.4 Å². The lowest BCUT2D eigenvalue weighted by Crippen LogP contribution is -2.33. The van der Waals surface area contributed by atoms with E-state index in [0.717, 1.165) is 10.6 Å². The predicted molar refractivity (Wildman–Crippen MR) is 114 cm³/mol. The van der Waals surface area contributed by atoms with E-state index in [2.05, 4.69) is 5.32 Å². The Kier molecular flexibility index (Phi) is 8.43. The highest BCUT2D eigenvalue weighted by atomic mass is 35.5. The molecule has 0 spiro atoms. The minimum Gasteiger partial charge on any atom is -0.492 e. The van der Waals surface area contributed by atoms with Crippen LogP contribution in [0, 0.1) is 10.1 Å². The van der Waals surface area contributed by atoms with Crippen LogP contribution in [0.5, 0.6) is 5.75 Å². The normalized spacial score (nSPS) is 11.0. The van der Waals surface area contributed by atoms with Crippen LogP contribution < -0.4 is 14.4 Å². The number of rotatable bonds is 11. The fourth-order valence-electron chi connectivity index (χ4n) is 2.61. The summed E-state index contributed by atoms with van der Waals surface area (Å²) in [7, 11) is -3.66. The lowest BCUT2D eigenvalue weighted by Gasteiger charge is -2.22. The molecule has 11 heteroatoms. The molecule has 2 aromatic carbocycles. The number of carbonyl (C=O) groups excluding carboxylic acids is 1. The molecule has 0 bridgehead atoms. The first-order chi connectivity index (χ1) is 14.2. The molecule has 1 amide bonds. The molecule has 0 aliphatic rings.